The van der Waals surface area contributed by atoms with E-state index in [1.807, 2.05) is 36.6 Å². The summed E-state index contributed by atoms with van der Waals surface area (Å²) in [6.45, 7) is 2.37. The van der Waals surface area contributed by atoms with Crippen molar-refractivity contribution in [2.75, 3.05) is 5.32 Å². The average molecular weight is 483 g/mol. The van der Waals surface area contributed by atoms with Gasteiger partial charge in [-0.2, -0.15) is 0 Å². The van der Waals surface area contributed by atoms with Crippen molar-refractivity contribution in [3.63, 3.8) is 0 Å². The number of anilines is 1. The summed E-state index contributed by atoms with van der Waals surface area (Å²) in [6.07, 6.45) is 6.42. The molecule has 1 aromatic heterocycles. The SMILES string of the molecule is Cc1nc(COc2ccc(/C=C/C(=O)Nc3cccc(S(=O)(=O)C4CCCC4)c3)cc2)cs1. The number of aryl methyl sites for hydroxylation is 1. The van der Waals surface area contributed by atoms with Crippen molar-refractivity contribution < 1.29 is 17.9 Å². The number of carbonyl (C=O) groups is 1. The van der Waals surface area contributed by atoms with E-state index in [1.165, 1.54) is 12.1 Å². The van der Waals surface area contributed by atoms with Gasteiger partial charge in [0.15, 0.2) is 9.84 Å². The van der Waals surface area contributed by atoms with Crippen LogP contribution in [0.15, 0.2) is 64.9 Å². The first kappa shape index (κ1) is 23.2. The van der Waals surface area contributed by atoms with Gasteiger partial charge in [-0.05, 0) is 61.7 Å². The number of hydrogen-bond acceptors (Lipinski definition) is 6. The van der Waals surface area contributed by atoms with Gasteiger partial charge in [-0.1, -0.05) is 31.0 Å². The molecule has 1 N–H and O–H groups in total. The van der Waals surface area contributed by atoms with Gasteiger partial charge in [0.25, 0.3) is 0 Å². The van der Waals surface area contributed by atoms with Gasteiger partial charge in [-0.25, -0.2) is 13.4 Å². The van der Waals surface area contributed by atoms with Crippen LogP contribution < -0.4 is 10.1 Å². The van der Waals surface area contributed by atoms with Crippen LogP contribution in [-0.2, 0) is 21.2 Å². The van der Waals surface area contributed by atoms with Gasteiger partial charge < -0.3 is 10.1 Å². The number of rotatable bonds is 8. The molecule has 0 atom stereocenters. The fraction of sp³-hybridized carbons (Fsp3) is 0.280. The van der Waals surface area contributed by atoms with Crippen LogP contribution >= 0.6 is 11.3 Å². The van der Waals surface area contributed by atoms with Gasteiger partial charge in [0.1, 0.15) is 12.4 Å². The fourth-order valence-electron chi connectivity index (χ4n) is 3.80. The molecule has 0 spiro atoms. The molecule has 1 aliphatic rings. The third-order valence-electron chi connectivity index (χ3n) is 5.53. The van der Waals surface area contributed by atoms with E-state index < -0.39 is 9.84 Å². The highest BCUT2D eigenvalue weighted by Crippen LogP contribution is 2.30. The molecule has 1 heterocycles. The minimum atomic E-state index is -3.36. The largest absolute Gasteiger partial charge is 0.487 e. The Kier molecular flexibility index (Phi) is 7.25. The van der Waals surface area contributed by atoms with Crippen LogP contribution in [0.5, 0.6) is 5.75 Å². The van der Waals surface area contributed by atoms with Crippen LogP contribution in [0.3, 0.4) is 0 Å². The van der Waals surface area contributed by atoms with Crippen LogP contribution in [0.4, 0.5) is 5.69 Å². The molecule has 0 saturated heterocycles. The molecule has 6 nitrogen and oxygen atoms in total. The molecule has 0 aliphatic heterocycles. The molecular weight excluding hydrogens is 456 g/mol. The van der Waals surface area contributed by atoms with Crippen molar-refractivity contribution in [1.29, 1.82) is 0 Å². The van der Waals surface area contributed by atoms with Gasteiger partial charge in [0.2, 0.25) is 5.91 Å². The van der Waals surface area contributed by atoms with Gasteiger partial charge in [0, 0.05) is 17.1 Å². The third-order valence-corrected chi connectivity index (χ3v) is 8.61. The third kappa shape index (κ3) is 6.09. The smallest absolute Gasteiger partial charge is 0.248 e. The maximum absolute atomic E-state index is 12.8. The molecule has 1 amide bonds. The number of ether oxygens (including phenoxy) is 1. The first-order valence-electron chi connectivity index (χ1n) is 10.9. The summed E-state index contributed by atoms with van der Waals surface area (Å²) >= 11 is 1.59. The molecule has 0 bridgehead atoms. The minimum Gasteiger partial charge on any atom is -0.487 e. The van der Waals surface area contributed by atoms with E-state index in [-0.39, 0.29) is 16.1 Å². The van der Waals surface area contributed by atoms with Crippen molar-refractivity contribution in [3.05, 3.63) is 76.3 Å². The van der Waals surface area contributed by atoms with Crippen molar-refractivity contribution in [2.45, 2.75) is 49.4 Å². The van der Waals surface area contributed by atoms with E-state index >= 15 is 0 Å². The number of thiazole rings is 1. The highest BCUT2D eigenvalue weighted by atomic mass is 32.2. The normalized spacial score (nSPS) is 14.6. The van der Waals surface area contributed by atoms with E-state index in [9.17, 15) is 13.2 Å². The number of amides is 1. The molecule has 3 aromatic rings. The van der Waals surface area contributed by atoms with Gasteiger partial charge in [-0.15, -0.1) is 11.3 Å². The summed E-state index contributed by atoms with van der Waals surface area (Å²) in [5.41, 5.74) is 2.21. The second kappa shape index (κ2) is 10.3. The second-order valence-electron chi connectivity index (χ2n) is 8.02. The van der Waals surface area contributed by atoms with Crippen LogP contribution in [0.1, 0.15) is 41.9 Å². The predicted octanol–water partition coefficient (Wildman–Crippen LogP) is 5.40. The van der Waals surface area contributed by atoms with Crippen molar-refractivity contribution in [1.82, 2.24) is 4.98 Å². The first-order chi connectivity index (χ1) is 15.9. The van der Waals surface area contributed by atoms with Crippen LogP contribution in [0, 0.1) is 6.92 Å². The van der Waals surface area contributed by atoms with Gasteiger partial charge >= 0.3 is 0 Å². The maximum Gasteiger partial charge on any atom is 0.248 e. The maximum atomic E-state index is 12.8. The number of aromatic nitrogens is 1. The molecule has 0 unspecified atom stereocenters. The van der Waals surface area contributed by atoms with Crippen molar-refractivity contribution in [2.24, 2.45) is 0 Å². The Bertz CT molecular complexity index is 1240. The zero-order valence-electron chi connectivity index (χ0n) is 18.4. The number of nitrogens with one attached hydrogen (secondary N) is 1. The topological polar surface area (TPSA) is 85.4 Å². The fourth-order valence-corrected chi connectivity index (χ4v) is 6.30. The lowest BCUT2D eigenvalue weighted by Crippen LogP contribution is -2.18. The summed E-state index contributed by atoms with van der Waals surface area (Å²) < 4.78 is 31.3. The van der Waals surface area contributed by atoms with Crippen LogP contribution in [-0.4, -0.2) is 24.6 Å². The summed E-state index contributed by atoms with van der Waals surface area (Å²) in [4.78, 5) is 17.0. The standard InChI is InChI=1S/C25H26N2O4S2/c1-18-26-21(17-32-18)16-31-22-12-9-19(10-13-22)11-14-25(28)27-20-5-4-8-24(15-20)33(29,30)23-6-2-3-7-23/h4-5,8-15,17,23H,2-3,6-7,16H2,1H3,(H,27,28)/b14-11+. The average Bonchev–Trinajstić information content (AvgIpc) is 3.50. The molecule has 172 valence electrons. The van der Waals surface area contributed by atoms with E-state index in [4.69, 9.17) is 4.74 Å². The number of benzene rings is 2. The Balaban J connectivity index is 1.33. The second-order valence-corrected chi connectivity index (χ2v) is 11.3. The molecular formula is C25H26N2O4S2. The highest BCUT2D eigenvalue weighted by molar-refractivity contribution is 7.92. The Morgan fingerprint density at radius 2 is 1.94 bits per heavy atom. The molecule has 33 heavy (non-hydrogen) atoms. The zero-order valence-corrected chi connectivity index (χ0v) is 20.0. The summed E-state index contributed by atoms with van der Waals surface area (Å²) in [6, 6.07) is 13.9. The molecule has 1 saturated carbocycles. The lowest BCUT2D eigenvalue weighted by molar-refractivity contribution is -0.111. The predicted molar refractivity (Wildman–Crippen MR) is 131 cm³/mol. The summed E-state index contributed by atoms with van der Waals surface area (Å²) in [5.74, 6) is 0.396. The number of carbonyl (C=O) groups excluding carboxylic acids is 1. The Morgan fingerprint density at radius 3 is 2.64 bits per heavy atom. The lowest BCUT2D eigenvalue weighted by atomic mass is 10.2. The molecule has 1 aliphatic carbocycles. The van der Waals surface area contributed by atoms with Crippen molar-refractivity contribution >= 4 is 38.8 Å². The highest BCUT2D eigenvalue weighted by Gasteiger charge is 2.30. The quantitative estimate of drug-likeness (QED) is 0.435. The molecule has 2 aromatic carbocycles. The van der Waals surface area contributed by atoms with Crippen molar-refractivity contribution in [3.8, 4) is 5.75 Å². The lowest BCUT2D eigenvalue weighted by Gasteiger charge is -2.12. The molecule has 8 heteroatoms. The van der Waals surface area contributed by atoms with E-state index in [0.29, 0.717) is 25.1 Å². The minimum absolute atomic E-state index is 0.264. The van der Waals surface area contributed by atoms with Gasteiger partial charge in [-0.3, -0.25) is 4.79 Å². The monoisotopic (exact) mass is 482 g/mol. The molecule has 0 radical (unpaired) electrons. The van der Waals surface area contributed by atoms with E-state index in [2.05, 4.69) is 10.3 Å². The van der Waals surface area contributed by atoms with Gasteiger partial charge in [0.05, 0.1) is 20.8 Å². The Morgan fingerprint density at radius 1 is 1.18 bits per heavy atom. The Hall–Kier alpha value is -2.97. The molecule has 4 rings (SSSR count). The molecule has 1 fully saturated rings. The Labute approximate surface area is 198 Å². The van der Waals surface area contributed by atoms with E-state index in [0.717, 1.165) is 34.9 Å². The zero-order chi connectivity index (χ0) is 23.3. The van der Waals surface area contributed by atoms with Crippen LogP contribution in [0.2, 0.25) is 0 Å². The van der Waals surface area contributed by atoms with Crippen LogP contribution in [0.25, 0.3) is 6.08 Å². The first-order valence-corrected chi connectivity index (χ1v) is 13.3. The number of sulfone groups is 1. The van der Waals surface area contributed by atoms with E-state index in [1.54, 1.807) is 35.6 Å². The number of nitrogens with zero attached hydrogens (tertiary/aromatic N) is 1. The summed E-state index contributed by atoms with van der Waals surface area (Å²) in [5, 5.41) is 5.41. The summed E-state index contributed by atoms with van der Waals surface area (Å²) in [7, 11) is -3.36. The number of hydrogen-bond donors (Lipinski definition) is 1.